The van der Waals surface area contributed by atoms with Crippen LogP contribution >= 0.6 is 0 Å². The summed E-state index contributed by atoms with van der Waals surface area (Å²) in [7, 11) is 0. The Balaban J connectivity index is 2.16. The number of hydrogen-bond acceptors (Lipinski definition) is 2. The summed E-state index contributed by atoms with van der Waals surface area (Å²) >= 11 is 0. The van der Waals surface area contributed by atoms with E-state index in [0.717, 1.165) is 24.9 Å². The molecule has 2 rings (SSSR count). The van der Waals surface area contributed by atoms with Gasteiger partial charge in [-0.2, -0.15) is 0 Å². The average Bonchev–Trinajstić information content (AvgIpc) is 2.29. The lowest BCUT2D eigenvalue weighted by molar-refractivity contribution is 0.112. The molecule has 0 aromatic heterocycles. The molecular formula is C15H21NO. The minimum atomic E-state index is 0.479. The van der Waals surface area contributed by atoms with E-state index in [2.05, 4.69) is 31.7 Å². The molecule has 92 valence electrons. The second kappa shape index (κ2) is 4.52. The fraction of sp³-hybridized carbons (Fsp3) is 0.533. The van der Waals surface area contributed by atoms with Crippen molar-refractivity contribution in [3.05, 3.63) is 29.3 Å². The van der Waals surface area contributed by atoms with Gasteiger partial charge in [0.25, 0.3) is 0 Å². The number of piperidine rings is 1. The predicted molar refractivity (Wildman–Crippen MR) is 71.8 cm³/mol. The van der Waals surface area contributed by atoms with Gasteiger partial charge in [0, 0.05) is 24.3 Å². The van der Waals surface area contributed by atoms with E-state index < -0.39 is 0 Å². The first-order chi connectivity index (χ1) is 8.02. The zero-order valence-corrected chi connectivity index (χ0v) is 11.0. The van der Waals surface area contributed by atoms with Crippen LogP contribution in [0.15, 0.2) is 18.2 Å². The zero-order valence-electron chi connectivity index (χ0n) is 11.0. The smallest absolute Gasteiger partial charge is 0.150 e. The van der Waals surface area contributed by atoms with Gasteiger partial charge in [-0.05, 0) is 48.9 Å². The molecule has 2 heteroatoms. The number of aldehydes is 1. The van der Waals surface area contributed by atoms with Crippen molar-refractivity contribution in [2.45, 2.75) is 33.6 Å². The van der Waals surface area contributed by atoms with Crippen molar-refractivity contribution >= 4 is 12.0 Å². The quantitative estimate of drug-likeness (QED) is 0.727. The highest BCUT2D eigenvalue weighted by molar-refractivity contribution is 5.77. The topological polar surface area (TPSA) is 20.3 Å². The fourth-order valence-electron chi connectivity index (χ4n) is 2.46. The third-order valence-corrected chi connectivity index (χ3v) is 3.81. The largest absolute Gasteiger partial charge is 0.371 e. The molecule has 1 heterocycles. The molecular weight excluding hydrogens is 210 g/mol. The van der Waals surface area contributed by atoms with Gasteiger partial charge in [-0.25, -0.2) is 0 Å². The van der Waals surface area contributed by atoms with Crippen molar-refractivity contribution in [3.63, 3.8) is 0 Å². The standard InChI is InChI=1S/C15H21NO/c1-12-10-13(11-17)4-5-14(12)16-8-6-15(2,3)7-9-16/h4-5,10-11H,6-9H2,1-3H3. The van der Waals surface area contributed by atoms with E-state index in [1.165, 1.54) is 24.1 Å². The highest BCUT2D eigenvalue weighted by Crippen LogP contribution is 2.33. The molecule has 0 N–H and O–H groups in total. The number of nitrogens with zero attached hydrogens (tertiary/aromatic N) is 1. The molecule has 0 bridgehead atoms. The van der Waals surface area contributed by atoms with Crippen molar-refractivity contribution < 1.29 is 4.79 Å². The second-order valence-corrected chi connectivity index (χ2v) is 5.82. The van der Waals surface area contributed by atoms with E-state index in [1.807, 2.05) is 12.1 Å². The Hall–Kier alpha value is -1.31. The second-order valence-electron chi connectivity index (χ2n) is 5.82. The van der Waals surface area contributed by atoms with Crippen molar-refractivity contribution in [1.29, 1.82) is 0 Å². The molecule has 0 amide bonds. The number of aryl methyl sites for hydroxylation is 1. The summed E-state index contributed by atoms with van der Waals surface area (Å²) in [5.74, 6) is 0. The highest BCUT2D eigenvalue weighted by atomic mass is 16.1. The predicted octanol–water partition coefficient (Wildman–Crippen LogP) is 3.43. The van der Waals surface area contributed by atoms with E-state index in [-0.39, 0.29) is 0 Å². The SMILES string of the molecule is Cc1cc(C=O)ccc1N1CCC(C)(C)CC1. The van der Waals surface area contributed by atoms with Crippen LogP contribution in [-0.2, 0) is 0 Å². The maximum absolute atomic E-state index is 10.7. The Bertz CT molecular complexity index is 413. The highest BCUT2D eigenvalue weighted by Gasteiger charge is 2.25. The lowest BCUT2D eigenvalue weighted by atomic mass is 9.82. The Labute approximate surface area is 104 Å². The summed E-state index contributed by atoms with van der Waals surface area (Å²) in [5.41, 5.74) is 3.73. The number of carbonyl (C=O) groups is 1. The number of anilines is 1. The molecule has 1 aliphatic heterocycles. The van der Waals surface area contributed by atoms with Crippen LogP contribution in [0.4, 0.5) is 5.69 Å². The van der Waals surface area contributed by atoms with E-state index in [4.69, 9.17) is 0 Å². The molecule has 1 aromatic carbocycles. The number of rotatable bonds is 2. The third kappa shape index (κ3) is 2.68. The molecule has 1 fully saturated rings. The van der Waals surface area contributed by atoms with Crippen LogP contribution in [0.2, 0.25) is 0 Å². The molecule has 1 aromatic rings. The Morgan fingerprint density at radius 3 is 2.41 bits per heavy atom. The van der Waals surface area contributed by atoms with Gasteiger partial charge in [-0.3, -0.25) is 4.79 Å². The first-order valence-corrected chi connectivity index (χ1v) is 6.33. The van der Waals surface area contributed by atoms with E-state index >= 15 is 0 Å². The van der Waals surface area contributed by atoms with Gasteiger partial charge < -0.3 is 4.90 Å². The molecule has 1 aliphatic rings. The van der Waals surface area contributed by atoms with Crippen LogP contribution < -0.4 is 4.90 Å². The monoisotopic (exact) mass is 231 g/mol. The van der Waals surface area contributed by atoms with Crippen molar-refractivity contribution in [3.8, 4) is 0 Å². The van der Waals surface area contributed by atoms with Gasteiger partial charge >= 0.3 is 0 Å². The lowest BCUT2D eigenvalue weighted by Crippen LogP contribution is -2.37. The van der Waals surface area contributed by atoms with Gasteiger partial charge in [0.2, 0.25) is 0 Å². The Morgan fingerprint density at radius 1 is 1.24 bits per heavy atom. The van der Waals surface area contributed by atoms with Crippen LogP contribution in [0.25, 0.3) is 0 Å². The molecule has 0 unspecified atom stereocenters. The van der Waals surface area contributed by atoms with Crippen LogP contribution in [-0.4, -0.2) is 19.4 Å². The maximum Gasteiger partial charge on any atom is 0.150 e. The van der Waals surface area contributed by atoms with Crippen LogP contribution in [0.3, 0.4) is 0 Å². The first kappa shape index (κ1) is 12.2. The third-order valence-electron chi connectivity index (χ3n) is 3.81. The van der Waals surface area contributed by atoms with Crippen LogP contribution in [0.5, 0.6) is 0 Å². The summed E-state index contributed by atoms with van der Waals surface area (Å²) in [5, 5.41) is 0. The number of hydrogen-bond donors (Lipinski definition) is 0. The normalized spacial score (nSPS) is 19.1. The van der Waals surface area contributed by atoms with E-state index in [9.17, 15) is 4.79 Å². The van der Waals surface area contributed by atoms with Crippen LogP contribution in [0.1, 0.15) is 42.6 Å². The van der Waals surface area contributed by atoms with Crippen molar-refractivity contribution in [2.75, 3.05) is 18.0 Å². The molecule has 17 heavy (non-hydrogen) atoms. The number of carbonyl (C=O) groups excluding carboxylic acids is 1. The van der Waals surface area contributed by atoms with E-state index in [0.29, 0.717) is 5.41 Å². The minimum Gasteiger partial charge on any atom is -0.371 e. The van der Waals surface area contributed by atoms with Crippen molar-refractivity contribution in [2.24, 2.45) is 5.41 Å². The van der Waals surface area contributed by atoms with Gasteiger partial charge in [0.1, 0.15) is 6.29 Å². The fourth-order valence-corrected chi connectivity index (χ4v) is 2.46. The van der Waals surface area contributed by atoms with E-state index in [1.54, 1.807) is 0 Å². The van der Waals surface area contributed by atoms with Gasteiger partial charge in [-0.1, -0.05) is 13.8 Å². The van der Waals surface area contributed by atoms with Crippen molar-refractivity contribution in [1.82, 2.24) is 0 Å². The molecule has 0 atom stereocenters. The summed E-state index contributed by atoms with van der Waals surface area (Å²) < 4.78 is 0. The Kier molecular flexibility index (Phi) is 3.23. The molecule has 0 aliphatic carbocycles. The molecule has 0 radical (unpaired) electrons. The van der Waals surface area contributed by atoms with Gasteiger partial charge in [0.15, 0.2) is 0 Å². The average molecular weight is 231 g/mol. The minimum absolute atomic E-state index is 0.479. The summed E-state index contributed by atoms with van der Waals surface area (Å²) in [6.45, 7) is 9.00. The molecule has 0 saturated carbocycles. The first-order valence-electron chi connectivity index (χ1n) is 6.33. The molecule has 2 nitrogen and oxygen atoms in total. The summed E-state index contributed by atoms with van der Waals surface area (Å²) in [6.07, 6.45) is 3.39. The summed E-state index contributed by atoms with van der Waals surface area (Å²) in [4.78, 5) is 13.2. The lowest BCUT2D eigenvalue weighted by Gasteiger charge is -2.38. The van der Waals surface area contributed by atoms with Gasteiger partial charge in [0.05, 0.1) is 0 Å². The Morgan fingerprint density at radius 2 is 1.88 bits per heavy atom. The van der Waals surface area contributed by atoms with Crippen LogP contribution in [0, 0.1) is 12.3 Å². The van der Waals surface area contributed by atoms with Gasteiger partial charge in [-0.15, -0.1) is 0 Å². The maximum atomic E-state index is 10.7. The summed E-state index contributed by atoms with van der Waals surface area (Å²) in [6, 6.07) is 5.97. The zero-order chi connectivity index (χ0) is 12.5. The number of benzene rings is 1. The molecule has 0 spiro atoms. The molecule has 1 saturated heterocycles.